The van der Waals surface area contributed by atoms with Crippen molar-refractivity contribution >= 4 is 77.6 Å². The molecule has 1 saturated heterocycles. The molecule has 0 aromatic rings. The molecule has 0 saturated carbocycles. The summed E-state index contributed by atoms with van der Waals surface area (Å²) in [5.41, 5.74) is 0. The maximum Gasteiger partial charge on any atom is 0.246 e. The van der Waals surface area contributed by atoms with Crippen LogP contribution in [0.3, 0.4) is 0 Å². The zero-order valence-corrected chi connectivity index (χ0v) is 57.0. The van der Waals surface area contributed by atoms with E-state index in [0.717, 1.165) is 4.90 Å². The summed E-state index contributed by atoms with van der Waals surface area (Å²) in [7, 11) is 10.2. The van der Waals surface area contributed by atoms with Gasteiger partial charge in [-0.05, 0) is 101 Å². The summed E-state index contributed by atoms with van der Waals surface area (Å²) in [6, 6.07) is -11.7. The van der Waals surface area contributed by atoms with Gasteiger partial charge in [0.05, 0.1) is 6.54 Å². The van der Waals surface area contributed by atoms with Gasteiger partial charge in [0.25, 0.3) is 0 Å². The lowest BCUT2D eigenvalue weighted by Gasteiger charge is -2.41. The highest BCUT2D eigenvalue weighted by molar-refractivity contribution is 7.81. The summed E-state index contributed by atoms with van der Waals surface area (Å²) in [4.78, 5) is 169. The lowest BCUT2D eigenvalue weighted by molar-refractivity contribution is -0.156. The van der Waals surface area contributed by atoms with E-state index in [4.69, 9.17) is 12.6 Å². The number of amides is 11. The van der Waals surface area contributed by atoms with E-state index >= 15 is 9.59 Å². The van der Waals surface area contributed by atoms with E-state index in [0.29, 0.717) is 6.42 Å². The van der Waals surface area contributed by atoms with Gasteiger partial charge < -0.3 is 55.6 Å². The topological polar surface area (TPSA) is 259 Å². The Morgan fingerprint density at radius 3 is 1.32 bits per heavy atom. The van der Waals surface area contributed by atoms with E-state index < -0.39 is 149 Å². The molecule has 0 aromatic carbocycles. The van der Waals surface area contributed by atoms with Crippen molar-refractivity contribution in [1.82, 2.24) is 55.6 Å². The minimum Gasteiger partial charge on any atom is -0.343 e. The van der Waals surface area contributed by atoms with Gasteiger partial charge >= 0.3 is 0 Å². The summed E-state index contributed by atoms with van der Waals surface area (Å²) in [6.07, 6.45) is 5.03. The van der Waals surface area contributed by atoms with Crippen LogP contribution in [-0.4, -0.2) is 221 Å². The van der Waals surface area contributed by atoms with Gasteiger partial charge in [0.15, 0.2) is 0 Å². The SMILES string of the molecule is C/C=C/C[C@@H](C)[C@@H](S)[C@H]1C(=O)N[C@@H](CC)C(=O)N(C)CC(=O)N(C)[C@@H](CC(C)C)C(=O)N[C@@H](C(C)C)C(=O)N(C)[C@@H](CC(C)C)C(=O)N[C@@H](C)C(=O)N[C@H](C)C(=O)N(C)[C@@H](CC(C)C)C(=O)N(C)[C@@H](CC(C)C)C(=O)N(C)[C@@H](C(C)C)C(=O)N1C. The molecule has 486 valence electrons. The monoisotopic (exact) mass is 1220 g/mol. The van der Waals surface area contributed by atoms with E-state index in [1.165, 1.54) is 92.6 Å². The van der Waals surface area contributed by atoms with Crippen LogP contribution in [-0.2, 0) is 52.7 Å². The second-order valence-electron chi connectivity index (χ2n) is 26.1. The van der Waals surface area contributed by atoms with Gasteiger partial charge in [-0.25, -0.2) is 0 Å². The summed E-state index contributed by atoms with van der Waals surface area (Å²) in [5, 5.41) is 10.3. The summed E-state index contributed by atoms with van der Waals surface area (Å²) < 4.78 is 0. The van der Waals surface area contributed by atoms with E-state index in [2.05, 4.69) is 21.3 Å². The lowest BCUT2D eigenvalue weighted by Crippen LogP contribution is -2.63. The zero-order chi connectivity index (χ0) is 66.0. The average molecular weight is 1220 g/mol. The van der Waals surface area contributed by atoms with Gasteiger partial charge in [-0.2, -0.15) is 12.6 Å². The number of allylic oxidation sites excluding steroid dienone is 2. The van der Waals surface area contributed by atoms with Crippen LogP contribution in [0.1, 0.15) is 156 Å². The number of rotatable bonds is 15. The van der Waals surface area contributed by atoms with Gasteiger partial charge in [-0.1, -0.05) is 109 Å². The number of carbonyl (C=O) groups is 11. The third kappa shape index (κ3) is 21.9. The molecule has 1 aliphatic rings. The molecule has 0 radical (unpaired) electrons. The smallest absolute Gasteiger partial charge is 0.246 e. The summed E-state index contributed by atoms with van der Waals surface area (Å²) in [6.45, 7) is 29.9. The number of hydrogen-bond acceptors (Lipinski definition) is 12. The number of nitrogens with one attached hydrogen (secondary N) is 4. The molecular weight excluding hydrogens is 1110 g/mol. The number of hydrogen-bond donors (Lipinski definition) is 5. The molecule has 23 heteroatoms. The highest BCUT2D eigenvalue weighted by Crippen LogP contribution is 2.27. The molecule has 12 atom stereocenters. The quantitative estimate of drug-likeness (QED) is 0.115. The van der Waals surface area contributed by atoms with Crippen LogP contribution >= 0.6 is 12.6 Å². The van der Waals surface area contributed by atoms with Gasteiger partial charge in [-0.15, -0.1) is 0 Å². The van der Waals surface area contributed by atoms with E-state index in [9.17, 15) is 43.2 Å². The van der Waals surface area contributed by atoms with E-state index in [-0.39, 0.29) is 61.7 Å². The van der Waals surface area contributed by atoms with Crippen LogP contribution in [0.15, 0.2) is 12.2 Å². The Hall–Kier alpha value is -5.74. The second kappa shape index (κ2) is 35.2. The molecule has 0 unspecified atom stereocenters. The van der Waals surface area contributed by atoms with Crippen molar-refractivity contribution in [2.75, 3.05) is 55.9 Å². The Morgan fingerprint density at radius 2 is 0.871 bits per heavy atom. The van der Waals surface area contributed by atoms with Crippen molar-refractivity contribution in [2.24, 2.45) is 41.4 Å². The minimum atomic E-state index is -1.30. The summed E-state index contributed by atoms with van der Waals surface area (Å²) in [5.74, 6) is -8.78. The Bertz CT molecular complexity index is 2330. The molecule has 4 N–H and O–H groups in total. The van der Waals surface area contributed by atoms with Crippen LogP contribution in [0.5, 0.6) is 0 Å². The van der Waals surface area contributed by atoms with Crippen molar-refractivity contribution in [3.63, 3.8) is 0 Å². The highest BCUT2D eigenvalue weighted by atomic mass is 32.1. The number of carbonyl (C=O) groups excluding carboxylic acids is 11. The molecule has 1 heterocycles. The maximum atomic E-state index is 15.2. The van der Waals surface area contributed by atoms with Gasteiger partial charge in [-0.3, -0.25) is 52.7 Å². The standard InChI is InChI=1S/C62H111N11O11S/c1-25-27-28-40(15)52(85)51-56(78)65-43(26-2)58(80)67(18)33-48(74)68(19)44(29-34(3)4)55(77)66-49(38(11)12)61(83)69(20)45(30-35(5)6)54(76)63-41(16)53(75)64-42(17)57(79)70(21)46(31-36(7)8)59(81)71(22)47(32-37(9)10)60(82)72(23)50(39(13)14)62(84)73(51)24/h25,27,34-47,49-52,85H,26,28-33H2,1-24H3,(H,63,76)(H,64,75)(H,65,78)(H,66,77)/b27-25+/t40-,41+,42-,43+,44+,45+,46+,47+,49+,50+,51+,52-/m1/s1. The molecular formula is C62H111N11O11S. The first-order chi connectivity index (χ1) is 39.2. The molecule has 1 fully saturated rings. The van der Waals surface area contributed by atoms with Crippen molar-refractivity contribution in [1.29, 1.82) is 0 Å². The molecule has 0 bridgehead atoms. The number of likely N-dealkylation sites (N-methyl/N-ethyl adjacent to an activating group) is 7. The first kappa shape index (κ1) is 77.3. The Morgan fingerprint density at radius 1 is 0.459 bits per heavy atom. The van der Waals surface area contributed by atoms with Crippen LogP contribution < -0.4 is 21.3 Å². The summed E-state index contributed by atoms with van der Waals surface area (Å²) >= 11 is 4.98. The van der Waals surface area contributed by atoms with Gasteiger partial charge in [0.1, 0.15) is 60.4 Å². The normalized spacial score (nSPS) is 26.9. The average Bonchev–Trinajstić information content (AvgIpc) is 3.62. The second-order valence-corrected chi connectivity index (χ2v) is 26.7. The predicted octanol–water partition coefficient (Wildman–Crippen LogP) is 4.21. The van der Waals surface area contributed by atoms with Gasteiger partial charge in [0, 0.05) is 54.6 Å². The molecule has 1 rings (SSSR count). The van der Waals surface area contributed by atoms with Crippen molar-refractivity contribution in [2.45, 2.75) is 222 Å². The Balaban J connectivity index is 4.32. The largest absolute Gasteiger partial charge is 0.343 e. The van der Waals surface area contributed by atoms with Crippen molar-refractivity contribution < 1.29 is 52.7 Å². The van der Waals surface area contributed by atoms with Crippen molar-refractivity contribution in [3.05, 3.63) is 12.2 Å². The fourth-order valence-corrected chi connectivity index (χ4v) is 11.1. The van der Waals surface area contributed by atoms with Gasteiger partial charge in [0.2, 0.25) is 65.0 Å². The van der Waals surface area contributed by atoms with E-state index in [1.54, 1.807) is 34.6 Å². The molecule has 0 spiro atoms. The third-order valence-corrected chi connectivity index (χ3v) is 16.9. The molecule has 0 aromatic heterocycles. The predicted molar refractivity (Wildman–Crippen MR) is 335 cm³/mol. The zero-order valence-electron chi connectivity index (χ0n) is 56.1. The van der Waals surface area contributed by atoms with Crippen LogP contribution in [0, 0.1) is 41.4 Å². The fourth-order valence-electron chi connectivity index (χ4n) is 10.7. The highest BCUT2D eigenvalue weighted by Gasteiger charge is 2.45. The van der Waals surface area contributed by atoms with E-state index in [1.807, 2.05) is 81.4 Å². The molecule has 11 amide bonds. The number of thiol groups is 1. The lowest BCUT2D eigenvalue weighted by atomic mass is 9.93. The fraction of sp³-hybridized carbons (Fsp3) is 0.790. The first-order valence-corrected chi connectivity index (χ1v) is 31.1. The van der Waals surface area contributed by atoms with Crippen LogP contribution in [0.25, 0.3) is 0 Å². The van der Waals surface area contributed by atoms with Crippen LogP contribution in [0.2, 0.25) is 0 Å². The minimum absolute atomic E-state index is 0.0796. The Kier molecular flexibility index (Phi) is 32.0. The molecule has 0 aliphatic carbocycles. The van der Waals surface area contributed by atoms with Crippen LogP contribution in [0.4, 0.5) is 0 Å². The maximum absolute atomic E-state index is 15.2. The third-order valence-electron chi connectivity index (χ3n) is 16.1. The number of nitrogens with zero attached hydrogens (tertiary/aromatic N) is 7. The Labute approximate surface area is 515 Å². The molecule has 22 nitrogen and oxygen atoms in total. The molecule has 85 heavy (non-hydrogen) atoms. The first-order valence-electron chi connectivity index (χ1n) is 30.6. The molecule has 1 aliphatic heterocycles. The van der Waals surface area contributed by atoms with Crippen molar-refractivity contribution in [3.8, 4) is 0 Å².